The molecule has 3 aromatic carbocycles. The smallest absolute Gasteiger partial charge is 0.343 e. The van der Waals surface area contributed by atoms with E-state index in [9.17, 15) is 9.59 Å². The molecule has 0 atom stereocenters. The van der Waals surface area contributed by atoms with E-state index in [0.717, 1.165) is 4.47 Å². The van der Waals surface area contributed by atoms with Gasteiger partial charge in [0.25, 0.3) is 5.91 Å². The van der Waals surface area contributed by atoms with Crippen molar-refractivity contribution >= 4 is 45.6 Å². The molecule has 3 aromatic rings. The molecule has 10 heteroatoms. The Morgan fingerprint density at radius 2 is 1.53 bits per heavy atom. The van der Waals surface area contributed by atoms with Gasteiger partial charge in [-0.05, 0) is 54.6 Å². The third-order valence-electron chi connectivity index (χ3n) is 4.55. The highest BCUT2D eigenvalue weighted by atomic mass is 79.9. The molecule has 0 aromatic heterocycles. The molecule has 0 aliphatic heterocycles. The highest BCUT2D eigenvalue weighted by Crippen LogP contribution is 2.38. The minimum Gasteiger partial charge on any atom is -0.493 e. The number of benzene rings is 3. The van der Waals surface area contributed by atoms with Crippen LogP contribution >= 0.6 is 27.5 Å². The fourth-order valence-corrected chi connectivity index (χ4v) is 3.40. The second kappa shape index (κ2) is 11.5. The van der Waals surface area contributed by atoms with Crippen molar-refractivity contribution in [2.75, 3.05) is 21.3 Å². The van der Waals surface area contributed by atoms with Gasteiger partial charge in [-0.15, -0.1) is 0 Å². The Hall–Kier alpha value is -3.56. The Bertz CT molecular complexity index is 1210. The van der Waals surface area contributed by atoms with Crippen LogP contribution in [0.4, 0.5) is 0 Å². The first-order valence-electron chi connectivity index (χ1n) is 9.77. The predicted octanol–water partition coefficient (Wildman–Crippen LogP) is 5.11. The first-order valence-corrected chi connectivity index (χ1v) is 10.9. The number of rotatable bonds is 8. The van der Waals surface area contributed by atoms with Crippen LogP contribution in [0, 0.1) is 0 Å². The van der Waals surface area contributed by atoms with Gasteiger partial charge in [0, 0.05) is 20.6 Å². The molecule has 0 aliphatic carbocycles. The Balaban J connectivity index is 1.78. The van der Waals surface area contributed by atoms with Crippen LogP contribution in [0.3, 0.4) is 0 Å². The highest BCUT2D eigenvalue weighted by Gasteiger charge is 2.17. The Morgan fingerprint density at radius 1 is 0.882 bits per heavy atom. The lowest BCUT2D eigenvalue weighted by Crippen LogP contribution is -2.18. The highest BCUT2D eigenvalue weighted by molar-refractivity contribution is 9.10. The fraction of sp³-hybridized carbons (Fsp3) is 0.125. The van der Waals surface area contributed by atoms with Crippen molar-refractivity contribution < 1.29 is 28.5 Å². The lowest BCUT2D eigenvalue weighted by molar-refractivity contribution is 0.0734. The summed E-state index contributed by atoms with van der Waals surface area (Å²) in [6.45, 7) is 0. The van der Waals surface area contributed by atoms with Crippen LogP contribution in [0.5, 0.6) is 23.0 Å². The zero-order chi connectivity index (χ0) is 24.7. The van der Waals surface area contributed by atoms with Gasteiger partial charge >= 0.3 is 5.97 Å². The molecule has 0 radical (unpaired) electrons. The van der Waals surface area contributed by atoms with Crippen LogP contribution in [-0.4, -0.2) is 39.4 Å². The minimum absolute atomic E-state index is 0.246. The van der Waals surface area contributed by atoms with Crippen molar-refractivity contribution in [3.05, 3.63) is 80.8 Å². The molecule has 34 heavy (non-hydrogen) atoms. The summed E-state index contributed by atoms with van der Waals surface area (Å²) in [6, 6.07) is 14.4. The van der Waals surface area contributed by atoms with Gasteiger partial charge in [0.05, 0.1) is 33.1 Å². The van der Waals surface area contributed by atoms with Gasteiger partial charge in [-0.2, -0.15) is 5.10 Å². The number of hydrazone groups is 1. The number of nitrogens with zero attached hydrogens (tertiary/aromatic N) is 1. The summed E-state index contributed by atoms with van der Waals surface area (Å²) in [7, 11) is 4.38. The van der Waals surface area contributed by atoms with E-state index in [4.69, 9.17) is 30.5 Å². The molecule has 176 valence electrons. The average molecular weight is 548 g/mol. The van der Waals surface area contributed by atoms with E-state index < -0.39 is 11.9 Å². The number of nitrogens with one attached hydrogen (secondary N) is 1. The summed E-state index contributed by atoms with van der Waals surface area (Å²) in [5.41, 5.74) is 3.48. The number of ether oxygens (including phenoxy) is 4. The van der Waals surface area contributed by atoms with Crippen LogP contribution in [0.25, 0.3) is 0 Å². The van der Waals surface area contributed by atoms with E-state index in [-0.39, 0.29) is 11.3 Å². The monoisotopic (exact) mass is 546 g/mol. The minimum atomic E-state index is -0.560. The summed E-state index contributed by atoms with van der Waals surface area (Å²) in [5.74, 6) is 0.222. The van der Waals surface area contributed by atoms with Crippen molar-refractivity contribution in [3.8, 4) is 23.0 Å². The van der Waals surface area contributed by atoms with Crippen molar-refractivity contribution in [1.29, 1.82) is 0 Å². The van der Waals surface area contributed by atoms with Gasteiger partial charge in [-0.25, -0.2) is 10.2 Å². The third kappa shape index (κ3) is 6.06. The number of hydrogen-bond donors (Lipinski definition) is 1. The number of halogens is 2. The quantitative estimate of drug-likeness (QED) is 0.182. The van der Waals surface area contributed by atoms with Gasteiger partial charge < -0.3 is 18.9 Å². The first-order chi connectivity index (χ1) is 16.4. The van der Waals surface area contributed by atoms with Crippen molar-refractivity contribution in [1.82, 2.24) is 5.43 Å². The summed E-state index contributed by atoms with van der Waals surface area (Å²) >= 11 is 9.24. The number of hydrogen-bond acceptors (Lipinski definition) is 7. The molecule has 1 amide bonds. The number of carbonyl (C=O) groups is 2. The van der Waals surface area contributed by atoms with Crippen molar-refractivity contribution in [2.45, 2.75) is 0 Å². The van der Waals surface area contributed by atoms with Crippen LogP contribution < -0.4 is 24.4 Å². The van der Waals surface area contributed by atoms with Gasteiger partial charge in [0.15, 0.2) is 11.5 Å². The van der Waals surface area contributed by atoms with Gasteiger partial charge in [0.2, 0.25) is 5.75 Å². The lowest BCUT2D eigenvalue weighted by atomic mass is 10.1. The van der Waals surface area contributed by atoms with Crippen LogP contribution in [0.15, 0.2) is 64.2 Å². The maximum absolute atomic E-state index is 12.6. The maximum atomic E-state index is 12.6. The SMILES string of the molecule is COc1cc(C(=O)NN=Cc2cc(Br)ccc2OC(=O)c2ccc(Cl)cc2)cc(OC)c1OC. The van der Waals surface area contributed by atoms with E-state index in [1.807, 2.05) is 0 Å². The summed E-state index contributed by atoms with van der Waals surface area (Å²) in [5, 5.41) is 4.51. The predicted molar refractivity (Wildman–Crippen MR) is 132 cm³/mol. The van der Waals surface area contributed by atoms with Crippen molar-refractivity contribution in [3.63, 3.8) is 0 Å². The molecular weight excluding hydrogens is 528 g/mol. The van der Waals surface area contributed by atoms with Crippen molar-refractivity contribution in [2.24, 2.45) is 5.10 Å². The molecule has 0 bridgehead atoms. The van der Waals surface area contributed by atoms with E-state index in [1.54, 1.807) is 42.5 Å². The van der Waals surface area contributed by atoms with Gasteiger partial charge in [-0.3, -0.25) is 4.79 Å². The lowest BCUT2D eigenvalue weighted by Gasteiger charge is -2.13. The molecule has 8 nitrogen and oxygen atoms in total. The average Bonchev–Trinajstić information content (AvgIpc) is 2.84. The fourth-order valence-electron chi connectivity index (χ4n) is 2.90. The zero-order valence-corrected chi connectivity index (χ0v) is 20.8. The normalized spacial score (nSPS) is 10.6. The molecule has 0 aliphatic rings. The van der Waals surface area contributed by atoms with E-state index in [2.05, 4.69) is 26.5 Å². The molecule has 0 spiro atoms. The molecule has 0 saturated carbocycles. The van der Waals surface area contributed by atoms with Crippen LogP contribution in [-0.2, 0) is 0 Å². The second-order valence-electron chi connectivity index (χ2n) is 6.69. The standard InChI is InChI=1S/C24H20BrClN2O6/c1-31-20-11-15(12-21(32-2)22(20)33-3)23(29)28-27-13-16-10-17(25)6-9-19(16)34-24(30)14-4-7-18(26)8-5-14/h4-13H,1-3H3,(H,28,29). The van der Waals surface area contributed by atoms with Crippen LogP contribution in [0.1, 0.15) is 26.3 Å². The maximum Gasteiger partial charge on any atom is 0.343 e. The Labute approximate surface area is 209 Å². The molecule has 1 N–H and O–H groups in total. The zero-order valence-electron chi connectivity index (χ0n) is 18.4. The summed E-state index contributed by atoms with van der Waals surface area (Å²) < 4.78 is 22.0. The van der Waals surface area contributed by atoms with Gasteiger partial charge in [0.1, 0.15) is 5.75 Å². The topological polar surface area (TPSA) is 95.5 Å². The number of amides is 1. The Morgan fingerprint density at radius 3 is 2.12 bits per heavy atom. The van der Waals surface area contributed by atoms with E-state index >= 15 is 0 Å². The molecule has 3 rings (SSSR count). The Kier molecular flexibility index (Phi) is 8.50. The number of esters is 1. The largest absolute Gasteiger partial charge is 0.493 e. The van der Waals surface area contributed by atoms with Crippen LogP contribution in [0.2, 0.25) is 5.02 Å². The molecular formula is C24H20BrClN2O6. The second-order valence-corrected chi connectivity index (χ2v) is 8.04. The third-order valence-corrected chi connectivity index (χ3v) is 5.30. The van der Waals surface area contributed by atoms with E-state index in [0.29, 0.717) is 33.4 Å². The number of carbonyl (C=O) groups excluding carboxylic acids is 2. The van der Waals surface area contributed by atoms with E-state index in [1.165, 1.54) is 39.7 Å². The van der Waals surface area contributed by atoms with Gasteiger partial charge in [-0.1, -0.05) is 27.5 Å². The summed E-state index contributed by atoms with van der Waals surface area (Å²) in [6.07, 6.45) is 1.37. The molecule has 0 fully saturated rings. The number of methoxy groups -OCH3 is 3. The summed E-state index contributed by atoms with van der Waals surface area (Å²) in [4.78, 5) is 25.1. The molecule has 0 saturated heterocycles. The first kappa shape index (κ1) is 25.1. The molecule has 0 heterocycles. The molecule has 0 unspecified atom stereocenters.